The van der Waals surface area contributed by atoms with Crippen LogP contribution in [0.5, 0.6) is 0 Å². The number of ether oxygens (including phenoxy) is 2. The zero-order valence-corrected chi connectivity index (χ0v) is 36.9. The van der Waals surface area contributed by atoms with E-state index in [1.807, 2.05) is 52.0 Å². The molecule has 1 saturated carbocycles. The number of imidazole rings is 2. The summed E-state index contributed by atoms with van der Waals surface area (Å²) in [4.78, 5) is 71.6. The normalized spacial score (nSPS) is 18.0. The van der Waals surface area contributed by atoms with Crippen LogP contribution in [0.2, 0.25) is 0 Å². The molecule has 4 amide bonds. The smallest absolute Gasteiger partial charge is 0.407 e. The molecule has 0 bridgehead atoms. The number of methoxy groups -OCH3 is 2. The lowest BCUT2D eigenvalue weighted by molar-refractivity contribution is -0.136. The zero-order valence-electron chi connectivity index (χ0n) is 36.9. The molecule has 338 valence electrons. The Morgan fingerprint density at radius 1 is 0.922 bits per heavy atom. The molecule has 4 atom stereocenters. The van der Waals surface area contributed by atoms with E-state index in [1.54, 1.807) is 34.2 Å². The monoisotopic (exact) mass is 879 g/mol. The Kier molecular flexibility index (Phi) is 12.0. The minimum absolute atomic E-state index is 0.00523. The number of carbonyl (C=O) groups excluding carboxylic acids is 4. The van der Waals surface area contributed by atoms with Gasteiger partial charge in [-0.05, 0) is 103 Å². The van der Waals surface area contributed by atoms with Gasteiger partial charge in [0.25, 0.3) is 5.92 Å². The molecule has 0 radical (unpaired) electrons. The Hall–Kier alpha value is -6.36. The van der Waals surface area contributed by atoms with Crippen LogP contribution in [-0.2, 0) is 25.0 Å². The second-order valence-corrected chi connectivity index (χ2v) is 17.5. The first-order valence-electron chi connectivity index (χ1n) is 21.9. The molecule has 3 heterocycles. The predicted molar refractivity (Wildman–Crippen MR) is 236 cm³/mol. The number of H-pyrrole nitrogens is 2. The molecule has 2 aromatic heterocycles. The number of nitrogens with one attached hydrogen (secondary N) is 4. The molecule has 2 fully saturated rings. The molecule has 17 heteroatoms. The lowest BCUT2D eigenvalue weighted by atomic mass is 9.98. The second-order valence-electron chi connectivity index (χ2n) is 17.5. The molecule has 1 aliphatic heterocycles. The highest BCUT2D eigenvalue weighted by Crippen LogP contribution is 2.58. The van der Waals surface area contributed by atoms with Crippen molar-refractivity contribution in [2.45, 2.75) is 89.9 Å². The number of alkyl halides is 2. The van der Waals surface area contributed by atoms with E-state index in [9.17, 15) is 19.2 Å². The van der Waals surface area contributed by atoms with Crippen molar-refractivity contribution < 1.29 is 37.4 Å². The quantitative estimate of drug-likeness (QED) is 0.0747. The summed E-state index contributed by atoms with van der Waals surface area (Å²) in [5.74, 6) is -2.89. The van der Waals surface area contributed by atoms with Gasteiger partial charge in [0.05, 0.1) is 43.0 Å². The van der Waals surface area contributed by atoms with Crippen molar-refractivity contribution in [1.82, 2.24) is 40.4 Å². The third kappa shape index (κ3) is 8.05. The fourth-order valence-electron chi connectivity index (χ4n) is 9.45. The van der Waals surface area contributed by atoms with Crippen molar-refractivity contribution in [3.05, 3.63) is 83.6 Å². The summed E-state index contributed by atoms with van der Waals surface area (Å²) in [5.41, 5.74) is 10.1. The highest BCUT2D eigenvalue weighted by molar-refractivity contribution is 5.89. The van der Waals surface area contributed by atoms with E-state index in [4.69, 9.17) is 25.2 Å². The number of amides is 4. The fourth-order valence-corrected chi connectivity index (χ4v) is 9.45. The van der Waals surface area contributed by atoms with Crippen LogP contribution < -0.4 is 16.4 Å². The van der Waals surface area contributed by atoms with E-state index in [2.05, 4.69) is 20.6 Å². The van der Waals surface area contributed by atoms with Gasteiger partial charge in [-0.3, -0.25) is 9.59 Å². The van der Waals surface area contributed by atoms with Crippen LogP contribution in [0.25, 0.3) is 44.5 Å². The van der Waals surface area contributed by atoms with Gasteiger partial charge in [0.15, 0.2) is 0 Å². The molecule has 0 unspecified atom stereocenters. The van der Waals surface area contributed by atoms with Gasteiger partial charge in [-0.2, -0.15) is 8.78 Å². The van der Waals surface area contributed by atoms with E-state index in [1.165, 1.54) is 26.4 Å². The maximum atomic E-state index is 16.6. The number of nitrogens with zero attached hydrogens (tertiary/aromatic N) is 4. The predicted octanol–water partition coefficient (Wildman–Crippen LogP) is 7.55. The molecule has 5 aromatic rings. The van der Waals surface area contributed by atoms with Crippen LogP contribution in [0, 0.1) is 11.3 Å². The number of aromatic amines is 2. The first-order valence-corrected chi connectivity index (χ1v) is 21.9. The summed E-state index contributed by atoms with van der Waals surface area (Å²) in [5, 5.41) is 5.29. The number of fused-ring (bicyclic) bond motifs is 4. The standard InChI is InChI=1S/C47H55F2N9O6/c1-7-37(57(8-2)42(59)34(15-18-50)55-44(61)63-5)41-52-33-14-11-27(21-35(33)53-41)26-9-12-29-30-13-10-28(20-32(30)47(48,49)31(29)19-26)36-23-51-40(54-36)38-22-46(16-17-46)24-58(38)43(60)39(25(3)4)56-45(62)64-6/h9-14,19-21,23,25,34,37-39H,7-8,15-18,22,24,50H2,1-6H3,(H,51,54)(H,52,53)(H,55,61)(H,56,62)/t34-,37-,38-,39-/m0/s1. The number of rotatable bonds is 14. The van der Waals surface area contributed by atoms with E-state index in [-0.39, 0.29) is 53.3 Å². The van der Waals surface area contributed by atoms with Crippen molar-refractivity contribution in [1.29, 1.82) is 0 Å². The molecule has 2 aliphatic carbocycles. The Balaban J connectivity index is 1.03. The Morgan fingerprint density at radius 3 is 2.19 bits per heavy atom. The summed E-state index contributed by atoms with van der Waals surface area (Å²) < 4.78 is 42.8. The van der Waals surface area contributed by atoms with Gasteiger partial charge in [-0.1, -0.05) is 51.1 Å². The number of benzene rings is 3. The molecule has 6 N–H and O–H groups in total. The summed E-state index contributed by atoms with van der Waals surface area (Å²) in [6.07, 6.45) is 3.76. The number of likely N-dealkylation sites (N-methyl/N-ethyl adjacent to an activating group) is 1. The van der Waals surface area contributed by atoms with E-state index >= 15 is 8.78 Å². The molecule has 3 aromatic carbocycles. The first-order chi connectivity index (χ1) is 30.6. The van der Waals surface area contributed by atoms with Crippen molar-refractivity contribution in [3.8, 4) is 33.5 Å². The van der Waals surface area contributed by atoms with Crippen molar-refractivity contribution in [2.24, 2.45) is 17.1 Å². The maximum absolute atomic E-state index is 16.6. The number of aromatic nitrogens is 4. The van der Waals surface area contributed by atoms with E-state index in [0.717, 1.165) is 12.8 Å². The summed E-state index contributed by atoms with van der Waals surface area (Å²) >= 11 is 0. The number of alkyl carbamates (subject to hydrolysis) is 2. The lowest BCUT2D eigenvalue weighted by Gasteiger charge is -2.32. The Labute approximate surface area is 369 Å². The SMILES string of the molecule is CC[C@@H](c1nc2ccc(-c3ccc4c(c3)C(F)(F)c3cc(-c5c[nH]c([C@@H]6CC7(CC7)CN6C(=O)[C@@H](NC(=O)OC)C(C)C)n5)ccc3-4)cc2[nH]1)N(CC)C(=O)[C@H](CCN)NC(=O)OC. The largest absolute Gasteiger partial charge is 0.453 e. The highest BCUT2D eigenvalue weighted by Gasteiger charge is 2.55. The van der Waals surface area contributed by atoms with Crippen molar-refractivity contribution in [2.75, 3.05) is 33.9 Å². The maximum Gasteiger partial charge on any atom is 0.407 e. The van der Waals surface area contributed by atoms with Gasteiger partial charge in [-0.25, -0.2) is 19.6 Å². The fraction of sp³-hybridized carbons (Fsp3) is 0.447. The minimum Gasteiger partial charge on any atom is -0.453 e. The van der Waals surface area contributed by atoms with Gasteiger partial charge in [0, 0.05) is 36.0 Å². The molecule has 8 rings (SSSR count). The molecule has 64 heavy (non-hydrogen) atoms. The number of carbonyl (C=O) groups is 4. The first kappa shape index (κ1) is 44.3. The van der Waals surface area contributed by atoms with Gasteiger partial charge in [-0.15, -0.1) is 0 Å². The summed E-state index contributed by atoms with van der Waals surface area (Å²) in [6, 6.07) is 13.2. The second kappa shape index (κ2) is 17.3. The molecular weight excluding hydrogens is 825 g/mol. The summed E-state index contributed by atoms with van der Waals surface area (Å²) in [6.45, 7) is 8.61. The summed E-state index contributed by atoms with van der Waals surface area (Å²) in [7, 11) is 2.49. The molecule has 15 nitrogen and oxygen atoms in total. The Morgan fingerprint density at radius 2 is 1.56 bits per heavy atom. The van der Waals surface area contributed by atoms with E-state index < -0.39 is 36.2 Å². The van der Waals surface area contributed by atoms with Crippen LogP contribution in [0.4, 0.5) is 18.4 Å². The zero-order chi connectivity index (χ0) is 45.7. The van der Waals surface area contributed by atoms with Crippen LogP contribution >= 0.6 is 0 Å². The minimum atomic E-state index is -3.30. The van der Waals surface area contributed by atoms with Gasteiger partial charge < -0.3 is 45.6 Å². The Bertz CT molecular complexity index is 2600. The lowest BCUT2D eigenvalue weighted by Crippen LogP contribution is -2.51. The molecular formula is C47H55F2N9O6. The number of nitrogens with two attached hydrogens (primary N) is 1. The van der Waals surface area contributed by atoms with Gasteiger partial charge in [0.1, 0.15) is 23.7 Å². The number of hydrogen-bond donors (Lipinski definition) is 5. The molecule has 1 spiro atoms. The van der Waals surface area contributed by atoms with Crippen LogP contribution in [0.1, 0.15) is 94.7 Å². The average Bonchev–Trinajstić information content (AvgIpc) is 3.61. The number of likely N-dealkylation sites (tertiary alicyclic amines) is 1. The topological polar surface area (TPSA) is 201 Å². The third-order valence-corrected chi connectivity index (χ3v) is 13.1. The van der Waals surface area contributed by atoms with Crippen LogP contribution in [-0.4, -0.2) is 99.7 Å². The van der Waals surface area contributed by atoms with Gasteiger partial charge in [0.2, 0.25) is 11.8 Å². The van der Waals surface area contributed by atoms with Crippen LogP contribution in [0.3, 0.4) is 0 Å². The highest BCUT2D eigenvalue weighted by atomic mass is 19.3. The van der Waals surface area contributed by atoms with Crippen molar-refractivity contribution in [3.63, 3.8) is 0 Å². The number of hydrogen-bond acceptors (Lipinski definition) is 9. The van der Waals surface area contributed by atoms with E-state index in [0.29, 0.717) is 82.1 Å². The molecule has 1 saturated heterocycles. The van der Waals surface area contributed by atoms with Gasteiger partial charge >= 0.3 is 12.2 Å². The molecule has 3 aliphatic rings. The van der Waals surface area contributed by atoms with Crippen LogP contribution in [0.15, 0.2) is 60.8 Å². The average molecular weight is 880 g/mol. The number of halogens is 2. The third-order valence-electron chi connectivity index (χ3n) is 13.1. The van der Waals surface area contributed by atoms with Crippen molar-refractivity contribution >= 4 is 35.0 Å².